The zero-order valence-corrected chi connectivity index (χ0v) is 16.2. The summed E-state index contributed by atoms with van der Waals surface area (Å²) in [6.07, 6.45) is 4.29. The largest absolute Gasteiger partial charge is 0.344 e. The van der Waals surface area contributed by atoms with Crippen molar-refractivity contribution >= 4 is 23.4 Å². The first-order valence-electron chi connectivity index (χ1n) is 9.38. The summed E-state index contributed by atoms with van der Waals surface area (Å²) < 4.78 is 0. The van der Waals surface area contributed by atoms with E-state index < -0.39 is 10.6 Å². The number of nitro groups is 1. The summed E-state index contributed by atoms with van der Waals surface area (Å²) in [5, 5.41) is 14.3. The molecule has 2 heterocycles. The minimum Gasteiger partial charge on any atom is -0.344 e. The minimum atomic E-state index is -0.719. The maximum atomic E-state index is 12.4. The predicted octanol–water partition coefficient (Wildman–Crippen LogP) is 3.93. The van der Waals surface area contributed by atoms with E-state index in [1.807, 2.05) is 18.2 Å². The second kappa shape index (κ2) is 6.19. The van der Waals surface area contributed by atoms with Gasteiger partial charge in [0.25, 0.3) is 5.69 Å². The van der Waals surface area contributed by atoms with E-state index in [0.717, 1.165) is 11.3 Å². The van der Waals surface area contributed by atoms with Crippen molar-refractivity contribution in [2.45, 2.75) is 38.3 Å². The Morgan fingerprint density at radius 1 is 1.21 bits per heavy atom. The molecule has 1 N–H and O–H groups in total. The van der Waals surface area contributed by atoms with Gasteiger partial charge < -0.3 is 10.2 Å². The quantitative estimate of drug-likeness (QED) is 0.650. The van der Waals surface area contributed by atoms with Crippen LogP contribution >= 0.6 is 0 Å². The van der Waals surface area contributed by atoms with Crippen LogP contribution in [-0.2, 0) is 10.2 Å². The zero-order chi connectivity index (χ0) is 20.1. The van der Waals surface area contributed by atoms with Crippen LogP contribution in [0.2, 0.25) is 0 Å². The Bertz CT molecular complexity index is 1010. The molecule has 0 unspecified atom stereocenters. The molecule has 6 heteroatoms. The van der Waals surface area contributed by atoms with Gasteiger partial charge in [0.05, 0.1) is 4.92 Å². The number of benzene rings is 2. The molecule has 2 aliphatic heterocycles. The van der Waals surface area contributed by atoms with Crippen molar-refractivity contribution in [1.29, 1.82) is 0 Å². The number of fused-ring (bicyclic) bond motifs is 3. The molecule has 0 aliphatic carbocycles. The number of carbonyl (C=O) groups is 1. The first kappa shape index (κ1) is 18.2. The molecule has 1 amide bonds. The van der Waals surface area contributed by atoms with E-state index in [9.17, 15) is 14.9 Å². The van der Waals surface area contributed by atoms with Crippen LogP contribution in [0.25, 0.3) is 6.08 Å². The molecule has 2 aromatic carbocycles. The molecule has 0 radical (unpaired) electrons. The van der Waals surface area contributed by atoms with E-state index in [2.05, 4.69) is 49.2 Å². The lowest BCUT2D eigenvalue weighted by Gasteiger charge is -2.49. The van der Waals surface area contributed by atoms with Crippen LogP contribution in [0.1, 0.15) is 37.0 Å². The monoisotopic (exact) mass is 377 g/mol. The number of amides is 1. The summed E-state index contributed by atoms with van der Waals surface area (Å²) in [7, 11) is 0. The highest BCUT2D eigenvalue weighted by atomic mass is 16.6. The lowest BCUT2D eigenvalue weighted by atomic mass is 9.74. The van der Waals surface area contributed by atoms with Gasteiger partial charge in [-0.1, -0.05) is 49.8 Å². The van der Waals surface area contributed by atoms with Crippen LogP contribution in [-0.4, -0.2) is 23.0 Å². The molecular formula is C22H23N3O3. The summed E-state index contributed by atoms with van der Waals surface area (Å²) >= 11 is 0. The van der Waals surface area contributed by atoms with Gasteiger partial charge >= 0.3 is 0 Å². The smallest absolute Gasteiger partial charge is 0.270 e. The molecule has 0 spiro atoms. The van der Waals surface area contributed by atoms with E-state index in [0.29, 0.717) is 13.0 Å². The fourth-order valence-corrected chi connectivity index (χ4v) is 4.43. The van der Waals surface area contributed by atoms with Crippen LogP contribution in [0.4, 0.5) is 11.4 Å². The van der Waals surface area contributed by atoms with Crippen LogP contribution in [0.3, 0.4) is 0 Å². The number of nitrogens with zero attached hydrogens (tertiary/aromatic N) is 2. The predicted molar refractivity (Wildman–Crippen MR) is 109 cm³/mol. The Hall–Kier alpha value is -3.15. The number of hydrogen-bond donors (Lipinski definition) is 1. The lowest BCUT2D eigenvalue weighted by molar-refractivity contribution is -0.384. The van der Waals surface area contributed by atoms with Gasteiger partial charge in [-0.3, -0.25) is 14.9 Å². The van der Waals surface area contributed by atoms with Gasteiger partial charge in [-0.15, -0.1) is 0 Å². The molecular weight excluding hydrogens is 354 g/mol. The van der Waals surface area contributed by atoms with E-state index >= 15 is 0 Å². The second-order valence-corrected chi connectivity index (χ2v) is 8.05. The average molecular weight is 377 g/mol. The van der Waals surface area contributed by atoms with Crippen molar-refractivity contribution in [2.75, 3.05) is 11.4 Å². The number of nitro benzene ring substituents is 1. The fourth-order valence-electron chi connectivity index (χ4n) is 4.43. The number of carbonyl (C=O) groups excluding carboxylic acids is 1. The standard InChI is InChI=1S/C22H23N3O3/c1-15-7-8-19-18(13-15)21(2,3)22(23-20(26)10-12-24(19)22)11-9-16-5-4-6-17(14-16)25(27)28/h4-9,11,13-14H,10,12H2,1-3H3,(H,23,26)/b11-9+/t22-/m0/s1. The van der Waals surface area contributed by atoms with Crippen LogP contribution in [0.5, 0.6) is 0 Å². The molecule has 144 valence electrons. The molecule has 2 aromatic rings. The van der Waals surface area contributed by atoms with Gasteiger partial charge in [0.1, 0.15) is 5.66 Å². The van der Waals surface area contributed by atoms with Crippen LogP contribution in [0, 0.1) is 17.0 Å². The van der Waals surface area contributed by atoms with Crippen molar-refractivity contribution in [3.8, 4) is 0 Å². The summed E-state index contributed by atoms with van der Waals surface area (Å²) in [5.74, 6) is 0.0116. The van der Waals surface area contributed by atoms with Gasteiger partial charge in [-0.2, -0.15) is 0 Å². The van der Waals surface area contributed by atoms with Gasteiger partial charge in [-0.05, 0) is 30.2 Å². The zero-order valence-electron chi connectivity index (χ0n) is 16.2. The summed E-state index contributed by atoms with van der Waals surface area (Å²) in [5.41, 5.74) is 3.18. The van der Waals surface area contributed by atoms with Crippen LogP contribution in [0.15, 0.2) is 48.5 Å². The number of rotatable bonds is 3. The molecule has 1 atom stereocenters. The second-order valence-electron chi connectivity index (χ2n) is 8.05. The van der Waals surface area contributed by atoms with Crippen molar-refractivity contribution in [3.05, 3.63) is 75.3 Å². The van der Waals surface area contributed by atoms with Gasteiger partial charge in [0, 0.05) is 36.2 Å². The third kappa shape index (κ3) is 2.59. The maximum Gasteiger partial charge on any atom is 0.270 e. The summed E-state index contributed by atoms with van der Waals surface area (Å²) in [6, 6.07) is 12.9. The molecule has 0 saturated carbocycles. The maximum absolute atomic E-state index is 12.4. The van der Waals surface area contributed by atoms with Crippen molar-refractivity contribution in [3.63, 3.8) is 0 Å². The van der Waals surface area contributed by atoms with E-state index in [-0.39, 0.29) is 17.0 Å². The Kier molecular flexibility index (Phi) is 4.03. The van der Waals surface area contributed by atoms with E-state index in [1.165, 1.54) is 17.2 Å². The summed E-state index contributed by atoms with van der Waals surface area (Å²) in [4.78, 5) is 25.3. The number of anilines is 1. The van der Waals surface area contributed by atoms with Crippen molar-refractivity contribution in [1.82, 2.24) is 5.32 Å². The molecule has 28 heavy (non-hydrogen) atoms. The van der Waals surface area contributed by atoms with Crippen LogP contribution < -0.4 is 10.2 Å². The molecule has 6 nitrogen and oxygen atoms in total. The highest BCUT2D eigenvalue weighted by Crippen LogP contribution is 2.52. The SMILES string of the molecule is Cc1ccc2c(c1)C(C)(C)[C@@]1(/C=C/c3cccc([N+](=O)[O-])c3)NC(=O)CCN21. The van der Waals surface area contributed by atoms with Gasteiger partial charge in [0.15, 0.2) is 0 Å². The first-order valence-corrected chi connectivity index (χ1v) is 9.38. The Morgan fingerprint density at radius 2 is 2.00 bits per heavy atom. The Morgan fingerprint density at radius 3 is 2.75 bits per heavy atom. The number of hydrogen-bond acceptors (Lipinski definition) is 4. The lowest BCUT2D eigenvalue weighted by Crippen LogP contribution is -2.68. The average Bonchev–Trinajstić information content (AvgIpc) is 2.84. The molecule has 4 rings (SSSR count). The number of nitrogens with one attached hydrogen (secondary N) is 1. The molecule has 0 aromatic heterocycles. The normalized spacial score (nSPS) is 22.7. The van der Waals surface area contributed by atoms with Gasteiger partial charge in [0.2, 0.25) is 5.91 Å². The molecule has 1 fully saturated rings. The highest BCUT2D eigenvalue weighted by Gasteiger charge is 2.57. The Balaban J connectivity index is 1.83. The van der Waals surface area contributed by atoms with Crippen molar-refractivity contribution < 1.29 is 9.72 Å². The van der Waals surface area contributed by atoms with Crippen molar-refractivity contribution in [2.24, 2.45) is 0 Å². The molecule has 1 saturated heterocycles. The number of aryl methyl sites for hydroxylation is 1. The fraction of sp³-hybridized carbons (Fsp3) is 0.318. The Labute approximate surface area is 164 Å². The minimum absolute atomic E-state index is 0.0116. The topological polar surface area (TPSA) is 75.5 Å². The number of non-ortho nitro benzene ring substituents is 1. The van der Waals surface area contributed by atoms with E-state index in [4.69, 9.17) is 0 Å². The van der Waals surface area contributed by atoms with E-state index in [1.54, 1.807) is 12.1 Å². The third-order valence-corrected chi connectivity index (χ3v) is 5.99. The van der Waals surface area contributed by atoms with Gasteiger partial charge in [-0.25, -0.2) is 0 Å². The summed E-state index contributed by atoms with van der Waals surface area (Å²) in [6.45, 7) is 6.96. The first-order chi connectivity index (χ1) is 13.2. The molecule has 2 aliphatic rings. The third-order valence-electron chi connectivity index (χ3n) is 5.99. The molecule has 0 bridgehead atoms. The highest BCUT2D eigenvalue weighted by molar-refractivity contribution is 5.84.